The van der Waals surface area contributed by atoms with Crippen molar-refractivity contribution in [1.29, 1.82) is 0 Å². The summed E-state index contributed by atoms with van der Waals surface area (Å²) < 4.78 is 0. The van der Waals surface area contributed by atoms with Crippen LogP contribution in [0.3, 0.4) is 0 Å². The van der Waals surface area contributed by atoms with Crippen LogP contribution in [-0.4, -0.2) is 0 Å². The smallest absolute Gasteiger partial charge is 0.0215 e. The first-order valence-corrected chi connectivity index (χ1v) is 15.8. The minimum Gasteiger partial charge on any atom is -0.0654 e. The summed E-state index contributed by atoms with van der Waals surface area (Å²) in [5.74, 6) is 0. The van der Waals surface area contributed by atoms with E-state index in [1.807, 2.05) is 0 Å². The molecule has 0 nitrogen and oxygen atoms in total. The fourth-order valence-electron chi connectivity index (χ4n) is 7.05. The largest absolute Gasteiger partial charge is 0.0654 e. The van der Waals surface area contributed by atoms with Crippen LogP contribution in [0.15, 0.2) is 48.5 Å². The molecular formula is C37H52. The third-order valence-corrected chi connectivity index (χ3v) is 9.03. The van der Waals surface area contributed by atoms with Crippen molar-refractivity contribution in [3.8, 4) is 11.1 Å². The van der Waals surface area contributed by atoms with E-state index in [0.29, 0.717) is 0 Å². The fraction of sp³-hybridized carbons (Fsp3) is 0.568. The lowest BCUT2D eigenvalue weighted by molar-refractivity contribution is 0.391. The van der Waals surface area contributed by atoms with Crippen LogP contribution >= 0.6 is 0 Å². The summed E-state index contributed by atoms with van der Waals surface area (Å²) in [4.78, 5) is 0. The maximum Gasteiger partial charge on any atom is 0.0215 e. The van der Waals surface area contributed by atoms with E-state index in [1.165, 1.54) is 136 Å². The zero-order chi connectivity index (χ0) is 26.1. The Morgan fingerprint density at radius 2 is 1.08 bits per heavy atom. The molecule has 1 aliphatic rings. The Balaban J connectivity index is 1.68. The van der Waals surface area contributed by atoms with Gasteiger partial charge in [0.05, 0.1) is 0 Å². The summed E-state index contributed by atoms with van der Waals surface area (Å²) in [6, 6.07) is 19.3. The third kappa shape index (κ3) is 6.50. The zero-order valence-electron chi connectivity index (χ0n) is 24.4. The van der Waals surface area contributed by atoms with Crippen molar-refractivity contribution < 1.29 is 0 Å². The first-order valence-electron chi connectivity index (χ1n) is 15.8. The Hall–Kier alpha value is -2.08. The molecule has 0 bridgehead atoms. The molecule has 1 aliphatic carbocycles. The molecule has 0 saturated heterocycles. The molecule has 0 aliphatic heterocycles. The minimum atomic E-state index is 0.146. The van der Waals surface area contributed by atoms with E-state index in [9.17, 15) is 0 Å². The Morgan fingerprint density at radius 1 is 0.514 bits per heavy atom. The van der Waals surface area contributed by atoms with Crippen molar-refractivity contribution in [3.05, 3.63) is 70.8 Å². The summed E-state index contributed by atoms with van der Waals surface area (Å²) in [7, 11) is 0. The van der Waals surface area contributed by atoms with Gasteiger partial charge in [0.1, 0.15) is 0 Å². The summed E-state index contributed by atoms with van der Waals surface area (Å²) in [6.45, 7) is 9.23. The number of rotatable bonds is 16. The lowest BCUT2D eigenvalue weighted by Gasteiger charge is -2.42. The van der Waals surface area contributed by atoms with E-state index in [1.54, 1.807) is 11.1 Å². The van der Waals surface area contributed by atoms with E-state index < -0.39 is 0 Å². The molecule has 0 fully saturated rings. The van der Waals surface area contributed by atoms with E-state index >= 15 is 0 Å². The Morgan fingerprint density at radius 3 is 1.70 bits per heavy atom. The molecule has 200 valence electrons. The molecule has 0 unspecified atom stereocenters. The number of unbranched alkanes of at least 4 members (excludes halogenated alkanes) is 12. The van der Waals surface area contributed by atoms with Crippen LogP contribution in [0, 0.1) is 13.8 Å². The van der Waals surface area contributed by atoms with Crippen molar-refractivity contribution in [2.75, 3.05) is 0 Å². The standard InChI is InChI=1S/C37H52/c1-5-7-9-11-13-15-17-24-37(25-18-16-14-12-10-8-6-2)34-27-29(3)22-23-32(34)33-21-19-20-31-26-30(4)28-35(37)36(31)33/h19-23,26-28H,5-18,24-25H2,1-4H3. The highest BCUT2D eigenvalue weighted by Crippen LogP contribution is 2.54. The lowest BCUT2D eigenvalue weighted by Crippen LogP contribution is -2.31. The van der Waals surface area contributed by atoms with E-state index in [2.05, 4.69) is 76.2 Å². The predicted octanol–water partition coefficient (Wildman–Crippen LogP) is 12.0. The van der Waals surface area contributed by atoms with Crippen LogP contribution in [0.1, 0.15) is 139 Å². The van der Waals surface area contributed by atoms with E-state index in [-0.39, 0.29) is 5.41 Å². The topological polar surface area (TPSA) is 0 Å². The molecule has 0 atom stereocenters. The average Bonchev–Trinajstić information content (AvgIpc) is 2.89. The Labute approximate surface area is 228 Å². The Kier molecular flexibility index (Phi) is 10.3. The van der Waals surface area contributed by atoms with Gasteiger partial charge in [0, 0.05) is 5.41 Å². The van der Waals surface area contributed by atoms with Gasteiger partial charge in [-0.3, -0.25) is 0 Å². The SMILES string of the molecule is CCCCCCCCCC1(CCCCCCCCC)c2cc(C)ccc2-c2cccc3cc(C)cc1c23. The molecule has 0 saturated carbocycles. The van der Waals surface area contributed by atoms with Crippen LogP contribution in [0.25, 0.3) is 21.9 Å². The highest BCUT2D eigenvalue weighted by Gasteiger charge is 2.40. The summed E-state index contributed by atoms with van der Waals surface area (Å²) in [5, 5.41) is 2.97. The maximum absolute atomic E-state index is 2.57. The zero-order valence-corrected chi connectivity index (χ0v) is 24.4. The number of fused-ring (bicyclic) bond motifs is 2. The van der Waals surface area contributed by atoms with Gasteiger partial charge in [0.2, 0.25) is 0 Å². The second-order valence-electron chi connectivity index (χ2n) is 12.1. The van der Waals surface area contributed by atoms with Crippen LogP contribution in [0.4, 0.5) is 0 Å². The lowest BCUT2D eigenvalue weighted by atomic mass is 9.61. The molecule has 37 heavy (non-hydrogen) atoms. The molecule has 4 rings (SSSR count). The first-order chi connectivity index (χ1) is 18.1. The molecule has 0 heteroatoms. The van der Waals surface area contributed by atoms with Gasteiger partial charge in [-0.2, -0.15) is 0 Å². The van der Waals surface area contributed by atoms with Crippen LogP contribution in [0.5, 0.6) is 0 Å². The number of benzene rings is 3. The van der Waals surface area contributed by atoms with Gasteiger partial charge in [0.25, 0.3) is 0 Å². The fourth-order valence-corrected chi connectivity index (χ4v) is 7.05. The van der Waals surface area contributed by atoms with Gasteiger partial charge < -0.3 is 0 Å². The molecule has 0 amide bonds. The quantitative estimate of drug-likeness (QED) is 0.173. The normalized spacial score (nSPS) is 13.7. The van der Waals surface area contributed by atoms with Crippen molar-refractivity contribution in [2.24, 2.45) is 0 Å². The molecule has 0 radical (unpaired) electrons. The van der Waals surface area contributed by atoms with Gasteiger partial charge in [-0.05, 0) is 59.7 Å². The number of aryl methyl sites for hydroxylation is 2. The number of hydrogen-bond donors (Lipinski definition) is 0. The van der Waals surface area contributed by atoms with Gasteiger partial charge in [-0.1, -0.05) is 163 Å². The van der Waals surface area contributed by atoms with Crippen LogP contribution in [0.2, 0.25) is 0 Å². The predicted molar refractivity (Wildman–Crippen MR) is 165 cm³/mol. The molecule has 0 heterocycles. The summed E-state index contributed by atoms with van der Waals surface area (Å²) in [5.41, 5.74) is 9.18. The first kappa shape index (κ1) is 27.9. The Bertz CT molecular complexity index is 1120. The molecule has 0 N–H and O–H groups in total. The van der Waals surface area contributed by atoms with Gasteiger partial charge in [-0.15, -0.1) is 0 Å². The van der Waals surface area contributed by atoms with Crippen molar-refractivity contribution >= 4 is 10.8 Å². The highest BCUT2D eigenvalue weighted by atomic mass is 14.4. The van der Waals surface area contributed by atoms with Gasteiger partial charge in [-0.25, -0.2) is 0 Å². The maximum atomic E-state index is 2.57. The van der Waals surface area contributed by atoms with E-state index in [4.69, 9.17) is 0 Å². The monoisotopic (exact) mass is 496 g/mol. The van der Waals surface area contributed by atoms with Crippen LogP contribution in [-0.2, 0) is 5.41 Å². The minimum absolute atomic E-state index is 0.146. The van der Waals surface area contributed by atoms with Gasteiger partial charge >= 0.3 is 0 Å². The van der Waals surface area contributed by atoms with Crippen LogP contribution < -0.4 is 0 Å². The molecule has 0 aromatic heterocycles. The number of hydrogen-bond acceptors (Lipinski definition) is 0. The summed E-state index contributed by atoms with van der Waals surface area (Å²) >= 11 is 0. The van der Waals surface area contributed by atoms with Crippen molar-refractivity contribution in [1.82, 2.24) is 0 Å². The van der Waals surface area contributed by atoms with E-state index in [0.717, 1.165) is 0 Å². The highest BCUT2D eigenvalue weighted by molar-refractivity contribution is 6.03. The van der Waals surface area contributed by atoms with Crippen molar-refractivity contribution in [2.45, 2.75) is 136 Å². The second kappa shape index (κ2) is 13.6. The van der Waals surface area contributed by atoms with Crippen molar-refractivity contribution in [3.63, 3.8) is 0 Å². The second-order valence-corrected chi connectivity index (χ2v) is 12.1. The van der Waals surface area contributed by atoms with Gasteiger partial charge in [0.15, 0.2) is 0 Å². The average molecular weight is 497 g/mol. The molecule has 3 aromatic carbocycles. The molecule has 0 spiro atoms. The molecular weight excluding hydrogens is 444 g/mol. The molecule has 3 aromatic rings. The summed E-state index contributed by atoms with van der Waals surface area (Å²) in [6.07, 6.45) is 21.9. The third-order valence-electron chi connectivity index (χ3n) is 9.03.